The summed E-state index contributed by atoms with van der Waals surface area (Å²) in [5, 5.41) is 0.358. The normalized spacial score (nSPS) is 17.5. The zero-order chi connectivity index (χ0) is 24.8. The molecule has 0 aromatic heterocycles. The highest BCUT2D eigenvalue weighted by Gasteiger charge is 2.35. The van der Waals surface area contributed by atoms with Gasteiger partial charge in [-0.05, 0) is 47.2 Å². The van der Waals surface area contributed by atoms with Gasteiger partial charge in [-0.1, -0.05) is 110 Å². The van der Waals surface area contributed by atoms with Gasteiger partial charge in [0.1, 0.15) is 23.0 Å². The molecule has 6 rings (SSSR count). The van der Waals surface area contributed by atoms with E-state index < -0.39 is 0 Å². The molecule has 2 aliphatic rings. The molecular formula is C32H30O2S2. The van der Waals surface area contributed by atoms with Crippen molar-refractivity contribution in [2.45, 2.75) is 50.0 Å². The predicted octanol–water partition coefficient (Wildman–Crippen LogP) is 10.4. The largest absolute Gasteiger partial charge is 0.457 e. The molecule has 4 aromatic carbocycles. The molecule has 0 amide bonds. The summed E-state index contributed by atoms with van der Waals surface area (Å²) in [4.78, 5) is 0. The van der Waals surface area contributed by atoms with E-state index in [0.29, 0.717) is 11.8 Å². The number of ether oxygens (including phenoxy) is 2. The number of fused-ring (bicyclic) bond motifs is 4. The first-order valence-electron chi connectivity index (χ1n) is 12.6. The van der Waals surface area contributed by atoms with Crippen molar-refractivity contribution in [1.29, 1.82) is 0 Å². The second kappa shape index (κ2) is 9.57. The highest BCUT2D eigenvalue weighted by Crippen LogP contribution is 2.61. The van der Waals surface area contributed by atoms with Gasteiger partial charge in [0.15, 0.2) is 0 Å². The van der Waals surface area contributed by atoms with Crippen LogP contribution in [0.15, 0.2) is 84.9 Å². The van der Waals surface area contributed by atoms with Gasteiger partial charge in [-0.2, -0.15) is 0 Å². The molecule has 0 saturated heterocycles. The molecule has 2 aliphatic heterocycles. The van der Waals surface area contributed by atoms with E-state index in [9.17, 15) is 0 Å². The van der Waals surface area contributed by atoms with Crippen LogP contribution in [0.25, 0.3) is 0 Å². The molecular weight excluding hydrogens is 480 g/mol. The summed E-state index contributed by atoms with van der Waals surface area (Å²) in [5.41, 5.74) is 7.82. The van der Waals surface area contributed by atoms with Gasteiger partial charge in [0, 0.05) is 22.3 Å². The van der Waals surface area contributed by atoms with E-state index in [4.69, 9.17) is 9.47 Å². The number of hydrogen-bond acceptors (Lipinski definition) is 4. The molecule has 2 heterocycles. The molecule has 0 aliphatic carbocycles. The van der Waals surface area contributed by atoms with E-state index >= 15 is 0 Å². The molecule has 2 nitrogen and oxygen atoms in total. The fraction of sp³-hybridized carbons (Fsp3) is 0.250. The van der Waals surface area contributed by atoms with E-state index in [-0.39, 0.29) is 10.5 Å². The van der Waals surface area contributed by atoms with Crippen LogP contribution in [0.3, 0.4) is 0 Å². The van der Waals surface area contributed by atoms with Gasteiger partial charge < -0.3 is 9.47 Å². The Bertz CT molecular complexity index is 1320. The van der Waals surface area contributed by atoms with E-state index in [1.807, 2.05) is 21.6 Å². The molecule has 4 aromatic rings. The first-order chi connectivity index (χ1) is 17.5. The van der Waals surface area contributed by atoms with Gasteiger partial charge >= 0.3 is 0 Å². The van der Waals surface area contributed by atoms with Crippen LogP contribution < -0.4 is 9.47 Å². The van der Waals surface area contributed by atoms with Crippen LogP contribution in [0.2, 0.25) is 0 Å². The van der Waals surface area contributed by atoms with E-state index in [1.54, 1.807) is 0 Å². The lowest BCUT2D eigenvalue weighted by molar-refractivity contribution is 0.456. The van der Waals surface area contributed by atoms with Crippen molar-refractivity contribution in [2.24, 2.45) is 0 Å². The van der Waals surface area contributed by atoms with Crippen LogP contribution in [0, 0.1) is 0 Å². The van der Waals surface area contributed by atoms with Gasteiger partial charge in [-0.3, -0.25) is 0 Å². The zero-order valence-corrected chi connectivity index (χ0v) is 22.7. The lowest BCUT2D eigenvalue weighted by atomic mass is 9.90. The van der Waals surface area contributed by atoms with Crippen molar-refractivity contribution in [3.8, 4) is 23.0 Å². The van der Waals surface area contributed by atoms with Gasteiger partial charge in [0.2, 0.25) is 0 Å². The summed E-state index contributed by atoms with van der Waals surface area (Å²) >= 11 is 0. The monoisotopic (exact) mass is 510 g/mol. The summed E-state index contributed by atoms with van der Waals surface area (Å²) in [6.45, 7) is 9.07. The Hall–Kier alpha value is -2.82. The molecule has 0 bridgehead atoms. The fourth-order valence-corrected chi connectivity index (χ4v) is 8.69. The smallest absolute Gasteiger partial charge is 0.132 e. The molecule has 0 fully saturated rings. The minimum atomic E-state index is 0.179. The Morgan fingerprint density at radius 2 is 0.889 bits per heavy atom. The predicted molar refractivity (Wildman–Crippen MR) is 153 cm³/mol. The summed E-state index contributed by atoms with van der Waals surface area (Å²) in [6, 6.07) is 30.0. The van der Waals surface area contributed by atoms with Crippen LogP contribution >= 0.6 is 21.6 Å². The average Bonchev–Trinajstić information content (AvgIpc) is 2.89. The van der Waals surface area contributed by atoms with Crippen molar-refractivity contribution in [2.75, 3.05) is 0 Å². The molecule has 0 N–H and O–H groups in total. The van der Waals surface area contributed by atoms with Crippen LogP contribution in [0.1, 0.15) is 83.4 Å². The summed E-state index contributed by atoms with van der Waals surface area (Å²) in [5.74, 6) is 4.71. The molecule has 36 heavy (non-hydrogen) atoms. The molecule has 4 heteroatoms. The van der Waals surface area contributed by atoms with Crippen molar-refractivity contribution < 1.29 is 9.47 Å². The number of rotatable bonds is 5. The maximum atomic E-state index is 6.41. The maximum Gasteiger partial charge on any atom is 0.132 e. The summed E-state index contributed by atoms with van der Waals surface area (Å²) < 4.78 is 12.8. The quantitative estimate of drug-likeness (QED) is 0.248. The second-order valence-corrected chi connectivity index (χ2v) is 12.5. The topological polar surface area (TPSA) is 18.5 Å². The van der Waals surface area contributed by atoms with E-state index in [0.717, 1.165) is 23.0 Å². The van der Waals surface area contributed by atoms with Crippen molar-refractivity contribution in [3.63, 3.8) is 0 Å². The maximum absolute atomic E-state index is 6.41. The lowest BCUT2D eigenvalue weighted by Crippen LogP contribution is -2.13. The van der Waals surface area contributed by atoms with Crippen LogP contribution in [0.5, 0.6) is 23.0 Å². The Labute approximate surface area is 221 Å². The number of para-hydroxylation sites is 2. The van der Waals surface area contributed by atoms with Gasteiger partial charge in [0.25, 0.3) is 0 Å². The van der Waals surface area contributed by atoms with Gasteiger partial charge in [-0.25, -0.2) is 0 Å². The average molecular weight is 511 g/mol. The minimum absolute atomic E-state index is 0.179. The Balaban J connectivity index is 1.45. The molecule has 2 unspecified atom stereocenters. The second-order valence-electron chi connectivity index (χ2n) is 10.1. The highest BCUT2D eigenvalue weighted by atomic mass is 33.1. The van der Waals surface area contributed by atoms with Crippen LogP contribution in [-0.2, 0) is 0 Å². The Kier molecular flexibility index (Phi) is 6.27. The SMILES string of the molecule is CC(C)c1cccc2c1C(SSC1c3ccccc3Oc3cccc(C(C)C)c31)c1ccccc1O2. The third-order valence-electron chi connectivity index (χ3n) is 7.06. The number of hydrogen-bond donors (Lipinski definition) is 0. The van der Waals surface area contributed by atoms with Crippen molar-refractivity contribution in [3.05, 3.63) is 118 Å². The summed E-state index contributed by atoms with van der Waals surface area (Å²) in [6.07, 6.45) is 0. The molecule has 182 valence electrons. The van der Waals surface area contributed by atoms with Gasteiger partial charge in [0.05, 0.1) is 10.5 Å². The highest BCUT2D eigenvalue weighted by molar-refractivity contribution is 8.76. The van der Waals surface area contributed by atoms with Crippen molar-refractivity contribution in [1.82, 2.24) is 0 Å². The first-order valence-corrected chi connectivity index (χ1v) is 14.9. The third kappa shape index (κ3) is 4.01. The third-order valence-corrected chi connectivity index (χ3v) is 10.0. The minimum Gasteiger partial charge on any atom is -0.457 e. The Morgan fingerprint density at radius 3 is 1.31 bits per heavy atom. The first kappa shape index (κ1) is 23.6. The lowest BCUT2D eigenvalue weighted by Gasteiger charge is -2.33. The number of benzene rings is 4. The molecule has 2 atom stereocenters. The van der Waals surface area contributed by atoms with Crippen molar-refractivity contribution >= 4 is 21.6 Å². The molecule has 0 radical (unpaired) electrons. The van der Waals surface area contributed by atoms with Crippen LogP contribution in [0.4, 0.5) is 0 Å². The zero-order valence-electron chi connectivity index (χ0n) is 21.0. The standard InChI is InChI=1S/C32H30O2S2/c1-19(2)21-13-9-17-27-29(21)31(23-11-5-7-15-25(23)33-27)35-36-32-24-12-6-8-16-26(24)34-28-18-10-14-22(20(3)4)30(28)32/h5-20,31-32H,1-4H3. The fourth-order valence-electron chi connectivity index (χ4n) is 5.31. The van der Waals surface area contributed by atoms with Gasteiger partial charge in [-0.15, -0.1) is 0 Å². The van der Waals surface area contributed by atoms with E-state index in [1.165, 1.54) is 33.4 Å². The molecule has 0 saturated carbocycles. The van der Waals surface area contributed by atoms with E-state index in [2.05, 4.69) is 113 Å². The van der Waals surface area contributed by atoms with Crippen LogP contribution in [-0.4, -0.2) is 0 Å². The Morgan fingerprint density at radius 1 is 0.500 bits per heavy atom. The summed E-state index contributed by atoms with van der Waals surface area (Å²) in [7, 11) is 3.90. The molecule has 0 spiro atoms.